The van der Waals surface area contributed by atoms with Gasteiger partial charge in [-0.2, -0.15) is 0 Å². The Labute approximate surface area is 74.4 Å². The van der Waals surface area contributed by atoms with Crippen LogP contribution in [-0.4, -0.2) is 12.7 Å². The van der Waals surface area contributed by atoms with Gasteiger partial charge in [-0.15, -0.1) is 0 Å². The standard InChI is InChI=1S/C11H16O/c1-2-3-4-5-6-8-11-9-7-10-12-11/h2-6,11H,1,7-10H2/b4-3+,6-5+. The maximum atomic E-state index is 5.46. The second kappa shape index (κ2) is 5.78. The minimum atomic E-state index is 0.471. The van der Waals surface area contributed by atoms with Crippen molar-refractivity contribution in [2.45, 2.75) is 25.4 Å². The molecule has 1 rings (SSSR count). The summed E-state index contributed by atoms with van der Waals surface area (Å²) in [7, 11) is 0. The van der Waals surface area contributed by atoms with Gasteiger partial charge < -0.3 is 4.74 Å². The summed E-state index contributed by atoms with van der Waals surface area (Å²) in [6.07, 6.45) is 13.8. The summed E-state index contributed by atoms with van der Waals surface area (Å²) in [5.41, 5.74) is 0. The van der Waals surface area contributed by atoms with Crippen LogP contribution in [-0.2, 0) is 4.74 Å². The molecular weight excluding hydrogens is 148 g/mol. The molecule has 0 amide bonds. The molecule has 0 aromatic carbocycles. The fourth-order valence-electron chi connectivity index (χ4n) is 1.28. The average Bonchev–Trinajstić information content (AvgIpc) is 2.57. The lowest BCUT2D eigenvalue weighted by Crippen LogP contribution is -2.01. The van der Waals surface area contributed by atoms with Crippen molar-refractivity contribution >= 4 is 0 Å². The monoisotopic (exact) mass is 164 g/mol. The Morgan fingerprint density at radius 2 is 2.25 bits per heavy atom. The van der Waals surface area contributed by atoms with Crippen molar-refractivity contribution < 1.29 is 4.74 Å². The zero-order valence-electron chi connectivity index (χ0n) is 7.41. The third-order valence-electron chi connectivity index (χ3n) is 1.92. The Morgan fingerprint density at radius 1 is 1.33 bits per heavy atom. The number of hydrogen-bond donors (Lipinski definition) is 0. The maximum Gasteiger partial charge on any atom is 0.0610 e. The first-order valence-electron chi connectivity index (χ1n) is 4.49. The van der Waals surface area contributed by atoms with E-state index in [0.29, 0.717) is 6.10 Å². The van der Waals surface area contributed by atoms with Gasteiger partial charge in [0, 0.05) is 6.61 Å². The van der Waals surface area contributed by atoms with Crippen LogP contribution in [0.15, 0.2) is 37.0 Å². The number of rotatable bonds is 4. The lowest BCUT2D eigenvalue weighted by atomic mass is 10.2. The molecule has 1 unspecified atom stereocenters. The van der Waals surface area contributed by atoms with Crippen LogP contribution in [0.2, 0.25) is 0 Å². The third-order valence-corrected chi connectivity index (χ3v) is 1.92. The molecule has 0 aromatic rings. The van der Waals surface area contributed by atoms with E-state index in [1.807, 2.05) is 18.2 Å². The van der Waals surface area contributed by atoms with Crippen molar-refractivity contribution in [3.05, 3.63) is 37.0 Å². The average molecular weight is 164 g/mol. The molecule has 0 aromatic heterocycles. The fourth-order valence-corrected chi connectivity index (χ4v) is 1.28. The summed E-state index contributed by atoms with van der Waals surface area (Å²) in [6, 6.07) is 0. The van der Waals surface area contributed by atoms with E-state index in [4.69, 9.17) is 4.74 Å². The zero-order chi connectivity index (χ0) is 8.65. The Morgan fingerprint density at radius 3 is 2.92 bits per heavy atom. The number of hydrogen-bond acceptors (Lipinski definition) is 1. The van der Waals surface area contributed by atoms with E-state index < -0.39 is 0 Å². The lowest BCUT2D eigenvalue weighted by Gasteiger charge is -2.03. The van der Waals surface area contributed by atoms with Gasteiger partial charge in [0.15, 0.2) is 0 Å². The predicted molar refractivity (Wildman–Crippen MR) is 52.1 cm³/mol. The summed E-state index contributed by atoms with van der Waals surface area (Å²) in [6.45, 7) is 4.54. The van der Waals surface area contributed by atoms with Gasteiger partial charge in [0.05, 0.1) is 6.10 Å². The molecule has 1 heteroatoms. The summed E-state index contributed by atoms with van der Waals surface area (Å²) >= 11 is 0. The van der Waals surface area contributed by atoms with Crippen molar-refractivity contribution in [3.63, 3.8) is 0 Å². The first kappa shape index (κ1) is 9.27. The minimum absolute atomic E-state index is 0.471. The van der Waals surface area contributed by atoms with Gasteiger partial charge in [-0.05, 0) is 19.3 Å². The highest BCUT2D eigenvalue weighted by molar-refractivity contribution is 5.09. The highest BCUT2D eigenvalue weighted by atomic mass is 16.5. The molecule has 1 aliphatic rings. The molecule has 0 spiro atoms. The Bertz CT molecular complexity index is 173. The smallest absolute Gasteiger partial charge is 0.0610 e. The summed E-state index contributed by atoms with van der Waals surface area (Å²) in [4.78, 5) is 0. The normalized spacial score (nSPS) is 24.2. The molecule has 1 fully saturated rings. The van der Waals surface area contributed by atoms with Gasteiger partial charge in [0.2, 0.25) is 0 Å². The van der Waals surface area contributed by atoms with Crippen LogP contribution >= 0.6 is 0 Å². The van der Waals surface area contributed by atoms with Crippen molar-refractivity contribution in [1.29, 1.82) is 0 Å². The molecule has 66 valence electrons. The van der Waals surface area contributed by atoms with Crippen molar-refractivity contribution in [1.82, 2.24) is 0 Å². The van der Waals surface area contributed by atoms with Crippen molar-refractivity contribution in [2.24, 2.45) is 0 Å². The fraction of sp³-hybridized carbons (Fsp3) is 0.455. The first-order valence-corrected chi connectivity index (χ1v) is 4.49. The zero-order valence-corrected chi connectivity index (χ0v) is 7.41. The largest absolute Gasteiger partial charge is 0.378 e. The molecule has 1 atom stereocenters. The SMILES string of the molecule is C=C/C=C/C=C/CC1CCCO1. The van der Waals surface area contributed by atoms with Gasteiger partial charge >= 0.3 is 0 Å². The van der Waals surface area contributed by atoms with Gasteiger partial charge in [-0.25, -0.2) is 0 Å². The molecule has 0 bridgehead atoms. The van der Waals surface area contributed by atoms with E-state index in [1.54, 1.807) is 6.08 Å². The van der Waals surface area contributed by atoms with Crippen LogP contribution in [0.25, 0.3) is 0 Å². The minimum Gasteiger partial charge on any atom is -0.378 e. The van der Waals surface area contributed by atoms with Crippen molar-refractivity contribution in [2.75, 3.05) is 6.61 Å². The molecule has 0 radical (unpaired) electrons. The van der Waals surface area contributed by atoms with E-state index in [1.165, 1.54) is 12.8 Å². The topological polar surface area (TPSA) is 9.23 Å². The molecule has 1 nitrogen and oxygen atoms in total. The van der Waals surface area contributed by atoms with Crippen LogP contribution in [0.5, 0.6) is 0 Å². The molecular formula is C11H16O. The van der Waals surface area contributed by atoms with Crippen LogP contribution in [0.3, 0.4) is 0 Å². The first-order chi connectivity index (χ1) is 5.93. The molecule has 0 aliphatic carbocycles. The van der Waals surface area contributed by atoms with Gasteiger partial charge in [-0.3, -0.25) is 0 Å². The summed E-state index contributed by atoms with van der Waals surface area (Å²) in [5, 5.41) is 0. The van der Waals surface area contributed by atoms with Crippen molar-refractivity contribution in [3.8, 4) is 0 Å². The summed E-state index contributed by atoms with van der Waals surface area (Å²) < 4.78 is 5.46. The van der Waals surface area contributed by atoms with E-state index >= 15 is 0 Å². The molecule has 1 aliphatic heterocycles. The van der Waals surface area contributed by atoms with E-state index in [2.05, 4.69) is 12.7 Å². The van der Waals surface area contributed by atoms with Gasteiger partial charge in [0.1, 0.15) is 0 Å². The molecule has 12 heavy (non-hydrogen) atoms. The predicted octanol–water partition coefficient (Wildman–Crippen LogP) is 2.85. The van der Waals surface area contributed by atoms with Crippen LogP contribution in [0.4, 0.5) is 0 Å². The van der Waals surface area contributed by atoms with E-state index in [0.717, 1.165) is 13.0 Å². The molecule has 1 heterocycles. The quantitative estimate of drug-likeness (QED) is 0.580. The molecule has 0 N–H and O–H groups in total. The number of allylic oxidation sites excluding steroid dienone is 4. The highest BCUT2D eigenvalue weighted by Gasteiger charge is 2.12. The Kier molecular flexibility index (Phi) is 4.47. The van der Waals surface area contributed by atoms with E-state index in [-0.39, 0.29) is 0 Å². The summed E-state index contributed by atoms with van der Waals surface area (Å²) in [5.74, 6) is 0. The van der Waals surface area contributed by atoms with Crippen LogP contribution in [0, 0.1) is 0 Å². The van der Waals surface area contributed by atoms with Crippen LogP contribution < -0.4 is 0 Å². The lowest BCUT2D eigenvalue weighted by molar-refractivity contribution is 0.113. The second-order valence-electron chi connectivity index (χ2n) is 2.92. The molecule has 0 saturated carbocycles. The van der Waals surface area contributed by atoms with Crippen LogP contribution in [0.1, 0.15) is 19.3 Å². The third kappa shape index (κ3) is 3.54. The maximum absolute atomic E-state index is 5.46. The number of ether oxygens (including phenoxy) is 1. The second-order valence-corrected chi connectivity index (χ2v) is 2.92. The van der Waals surface area contributed by atoms with Gasteiger partial charge in [0.25, 0.3) is 0 Å². The Hall–Kier alpha value is -0.820. The Balaban J connectivity index is 2.11. The van der Waals surface area contributed by atoms with E-state index in [9.17, 15) is 0 Å². The molecule has 1 saturated heterocycles. The van der Waals surface area contributed by atoms with Gasteiger partial charge in [-0.1, -0.05) is 37.0 Å². The highest BCUT2D eigenvalue weighted by Crippen LogP contribution is 2.15.